The third-order valence-electron chi connectivity index (χ3n) is 3.94. The fourth-order valence-electron chi connectivity index (χ4n) is 2.80. The molecule has 1 aromatic rings. The molecule has 126 valence electrons. The molecular weight excluding hydrogens is 304 g/mol. The van der Waals surface area contributed by atoms with Gasteiger partial charge < -0.3 is 14.6 Å². The average Bonchev–Trinajstić information content (AvgIpc) is 3.06. The molecule has 23 heavy (non-hydrogen) atoms. The minimum Gasteiger partial charge on any atom is -0.392 e. The fourth-order valence-corrected chi connectivity index (χ4v) is 2.80. The average molecular weight is 324 g/mol. The minimum absolute atomic E-state index is 0.0970. The molecule has 1 aromatic heterocycles. The van der Waals surface area contributed by atoms with Crippen LogP contribution in [0.25, 0.3) is 0 Å². The third kappa shape index (κ3) is 4.28. The van der Waals surface area contributed by atoms with Crippen molar-refractivity contribution in [2.45, 2.75) is 25.7 Å². The number of imidazole rings is 1. The number of aromatic nitrogens is 2. The number of nitrogens with one attached hydrogen (secondary N) is 2. The molecule has 0 radical (unpaired) electrons. The molecular formula is C14H20N4O5. The van der Waals surface area contributed by atoms with Gasteiger partial charge in [0.15, 0.2) is 0 Å². The lowest BCUT2D eigenvalue weighted by molar-refractivity contribution is -0.151. The van der Waals surface area contributed by atoms with Gasteiger partial charge in [0, 0.05) is 19.4 Å². The first-order chi connectivity index (χ1) is 11.0. The van der Waals surface area contributed by atoms with Gasteiger partial charge in [0.2, 0.25) is 5.91 Å². The van der Waals surface area contributed by atoms with Crippen LogP contribution in [0.3, 0.4) is 0 Å². The molecule has 1 fully saturated rings. The first-order valence-corrected chi connectivity index (χ1v) is 7.42. The second kappa shape index (κ2) is 7.73. The summed E-state index contributed by atoms with van der Waals surface area (Å²) in [6.07, 6.45) is 5.78. The number of H-pyrrole nitrogens is 1. The highest BCUT2D eigenvalue weighted by Gasteiger charge is 2.38. The number of nitrogens with zero attached hydrogens (tertiary/aromatic N) is 2. The molecule has 1 saturated carbocycles. The summed E-state index contributed by atoms with van der Waals surface area (Å²) in [5.74, 6) is -2.61. The van der Waals surface area contributed by atoms with Crippen molar-refractivity contribution >= 4 is 17.8 Å². The lowest BCUT2D eigenvalue weighted by Crippen LogP contribution is -2.45. The molecule has 0 aromatic carbocycles. The normalized spacial score (nSPS) is 20.6. The zero-order valence-electron chi connectivity index (χ0n) is 12.8. The Morgan fingerprint density at radius 2 is 2.09 bits per heavy atom. The van der Waals surface area contributed by atoms with Gasteiger partial charge in [0.05, 0.1) is 11.8 Å². The highest BCUT2D eigenvalue weighted by molar-refractivity contribution is 5.89. The maximum atomic E-state index is 12.5. The molecule has 2 rings (SSSR count). The molecule has 9 nitrogen and oxygen atoms in total. The summed E-state index contributed by atoms with van der Waals surface area (Å²) in [5, 5.41) is 8.54. The highest BCUT2D eigenvalue weighted by Crippen LogP contribution is 2.32. The van der Waals surface area contributed by atoms with E-state index in [0.717, 1.165) is 12.8 Å². The predicted molar refractivity (Wildman–Crippen MR) is 77.2 cm³/mol. The van der Waals surface area contributed by atoms with Crippen LogP contribution < -0.4 is 10.2 Å². The third-order valence-corrected chi connectivity index (χ3v) is 3.94. The Morgan fingerprint density at radius 1 is 1.39 bits per heavy atom. The first kappa shape index (κ1) is 16.9. The Labute approximate surface area is 133 Å². The maximum Gasteiger partial charge on any atom is 0.317 e. The van der Waals surface area contributed by atoms with Gasteiger partial charge in [-0.2, -0.15) is 0 Å². The van der Waals surface area contributed by atoms with Crippen LogP contribution in [-0.2, 0) is 14.4 Å². The molecule has 0 aliphatic heterocycles. The molecule has 1 heterocycles. The molecule has 0 spiro atoms. The van der Waals surface area contributed by atoms with Crippen molar-refractivity contribution in [2.24, 2.45) is 11.8 Å². The van der Waals surface area contributed by atoms with Crippen LogP contribution in [0, 0.1) is 11.8 Å². The topological polar surface area (TPSA) is 125 Å². The van der Waals surface area contributed by atoms with Crippen LogP contribution in [0.1, 0.15) is 25.7 Å². The van der Waals surface area contributed by atoms with E-state index in [1.54, 1.807) is 0 Å². The van der Waals surface area contributed by atoms with E-state index >= 15 is 0 Å². The number of hydroxylamine groups is 1. The fraction of sp³-hybridized carbons (Fsp3) is 0.571. The molecule has 1 aliphatic carbocycles. The molecule has 3 N–H and O–H groups in total. The number of aromatic amines is 1. The van der Waals surface area contributed by atoms with Crippen LogP contribution in [0.15, 0.2) is 12.4 Å². The molecule has 2 amide bonds. The summed E-state index contributed by atoms with van der Waals surface area (Å²) in [4.78, 5) is 43.7. The van der Waals surface area contributed by atoms with Gasteiger partial charge in [0.1, 0.15) is 6.54 Å². The summed E-state index contributed by atoms with van der Waals surface area (Å²) in [6, 6.07) is 0.0970. The number of esters is 1. The van der Waals surface area contributed by atoms with Crippen molar-refractivity contribution in [3.63, 3.8) is 0 Å². The van der Waals surface area contributed by atoms with Crippen molar-refractivity contribution < 1.29 is 24.3 Å². The number of ether oxygens (including phenoxy) is 1. The maximum absolute atomic E-state index is 12.5. The summed E-state index contributed by atoms with van der Waals surface area (Å²) in [6.45, 7) is -0.272. The van der Waals surface area contributed by atoms with Crippen molar-refractivity contribution in [3.05, 3.63) is 12.4 Å². The molecule has 1 aliphatic rings. The number of amides is 2. The molecule has 2 atom stereocenters. The Hall–Kier alpha value is -2.42. The molecule has 0 bridgehead atoms. The van der Waals surface area contributed by atoms with E-state index in [-0.39, 0.29) is 18.5 Å². The van der Waals surface area contributed by atoms with E-state index in [2.05, 4.69) is 9.97 Å². The first-order valence-electron chi connectivity index (χ1n) is 7.42. The SMILES string of the molecule is CN(CC(=O)NO)C(=O)[C@@H]1CCCC[C@@H]1C(=O)Oc1ncc[nH]1. The number of hydrogen-bond acceptors (Lipinski definition) is 6. The molecule has 9 heteroatoms. The largest absolute Gasteiger partial charge is 0.392 e. The summed E-state index contributed by atoms with van der Waals surface area (Å²) < 4.78 is 5.16. The number of rotatable bonds is 5. The highest BCUT2D eigenvalue weighted by atomic mass is 16.5. The van der Waals surface area contributed by atoms with E-state index in [0.29, 0.717) is 12.8 Å². The van der Waals surface area contributed by atoms with Gasteiger partial charge in [-0.05, 0) is 12.8 Å². The van der Waals surface area contributed by atoms with Gasteiger partial charge in [-0.25, -0.2) is 10.5 Å². The quantitative estimate of drug-likeness (QED) is 0.400. The number of carbonyl (C=O) groups is 3. The van der Waals surface area contributed by atoms with Crippen LogP contribution in [-0.4, -0.2) is 51.5 Å². The van der Waals surface area contributed by atoms with E-state index in [4.69, 9.17) is 9.94 Å². The van der Waals surface area contributed by atoms with Crippen LogP contribution >= 0.6 is 0 Å². The summed E-state index contributed by atoms with van der Waals surface area (Å²) >= 11 is 0. The number of carbonyl (C=O) groups excluding carboxylic acids is 3. The standard InChI is InChI=1S/C14H20N4O5/c1-18(8-11(19)17-22)12(20)9-4-2-3-5-10(9)13(21)23-14-15-6-7-16-14/h6-7,9-10,22H,2-5,8H2,1H3,(H,15,16)(H,17,19)/t9-,10+/m1/s1. The summed E-state index contributed by atoms with van der Waals surface area (Å²) in [5.41, 5.74) is 1.48. The van der Waals surface area contributed by atoms with E-state index < -0.39 is 23.7 Å². The van der Waals surface area contributed by atoms with Gasteiger partial charge in [-0.3, -0.25) is 19.6 Å². The van der Waals surface area contributed by atoms with E-state index in [1.807, 2.05) is 0 Å². The van der Waals surface area contributed by atoms with Gasteiger partial charge in [-0.15, -0.1) is 0 Å². The Morgan fingerprint density at radius 3 is 2.70 bits per heavy atom. The van der Waals surface area contributed by atoms with Gasteiger partial charge in [-0.1, -0.05) is 12.8 Å². The minimum atomic E-state index is -0.689. The van der Waals surface area contributed by atoms with Crippen molar-refractivity contribution in [2.75, 3.05) is 13.6 Å². The second-order valence-corrected chi connectivity index (χ2v) is 5.54. The van der Waals surface area contributed by atoms with Crippen LogP contribution in [0.4, 0.5) is 0 Å². The zero-order chi connectivity index (χ0) is 16.8. The van der Waals surface area contributed by atoms with E-state index in [9.17, 15) is 14.4 Å². The van der Waals surface area contributed by atoms with E-state index in [1.165, 1.54) is 29.8 Å². The lowest BCUT2D eigenvalue weighted by atomic mass is 9.78. The zero-order valence-corrected chi connectivity index (χ0v) is 12.8. The summed E-state index contributed by atoms with van der Waals surface area (Å²) in [7, 11) is 1.46. The Balaban J connectivity index is 2.03. The number of hydrogen-bond donors (Lipinski definition) is 3. The van der Waals surface area contributed by atoms with Crippen LogP contribution in [0.2, 0.25) is 0 Å². The Bertz CT molecular complexity index is 560. The smallest absolute Gasteiger partial charge is 0.317 e. The van der Waals surface area contributed by atoms with Gasteiger partial charge in [0.25, 0.3) is 5.91 Å². The second-order valence-electron chi connectivity index (χ2n) is 5.54. The monoisotopic (exact) mass is 324 g/mol. The van der Waals surface area contributed by atoms with Gasteiger partial charge >= 0.3 is 12.0 Å². The van der Waals surface area contributed by atoms with Crippen LogP contribution in [0.5, 0.6) is 6.01 Å². The van der Waals surface area contributed by atoms with Crippen molar-refractivity contribution in [1.29, 1.82) is 0 Å². The predicted octanol–water partition coefficient (Wildman–Crippen LogP) is 0.0853. The molecule has 0 saturated heterocycles. The van der Waals surface area contributed by atoms with Crippen molar-refractivity contribution in [3.8, 4) is 6.01 Å². The lowest BCUT2D eigenvalue weighted by Gasteiger charge is -2.31. The van der Waals surface area contributed by atoms with Crippen molar-refractivity contribution in [1.82, 2.24) is 20.3 Å². The number of likely N-dealkylation sites (N-methyl/N-ethyl adjacent to an activating group) is 1. The molecule has 0 unspecified atom stereocenters. The Kier molecular flexibility index (Phi) is 5.69.